The standard InChI is InChI=1S/C12H23NO2/c1-4-11(14)9(2)13(3)10-7-5-6-8-12(10)15/h9-10,12,15H,4-8H2,1-3H3. The minimum Gasteiger partial charge on any atom is -0.391 e. The molecule has 1 rings (SSSR count). The molecular formula is C12H23NO2. The summed E-state index contributed by atoms with van der Waals surface area (Å²) in [7, 11) is 1.96. The maximum atomic E-state index is 11.6. The molecular weight excluding hydrogens is 190 g/mol. The molecule has 0 saturated heterocycles. The van der Waals surface area contributed by atoms with E-state index >= 15 is 0 Å². The molecule has 1 saturated carbocycles. The van der Waals surface area contributed by atoms with E-state index in [1.807, 2.05) is 20.9 Å². The van der Waals surface area contributed by atoms with E-state index in [9.17, 15) is 9.90 Å². The van der Waals surface area contributed by atoms with Crippen molar-refractivity contribution in [1.29, 1.82) is 0 Å². The van der Waals surface area contributed by atoms with Crippen molar-refractivity contribution in [1.82, 2.24) is 4.90 Å². The van der Waals surface area contributed by atoms with Crippen molar-refractivity contribution in [2.24, 2.45) is 0 Å². The van der Waals surface area contributed by atoms with Crippen LogP contribution >= 0.6 is 0 Å². The Hall–Kier alpha value is -0.410. The van der Waals surface area contributed by atoms with Gasteiger partial charge in [-0.2, -0.15) is 0 Å². The summed E-state index contributed by atoms with van der Waals surface area (Å²) in [5.41, 5.74) is 0. The first-order valence-electron chi connectivity index (χ1n) is 6.00. The molecule has 3 nitrogen and oxygen atoms in total. The highest BCUT2D eigenvalue weighted by Crippen LogP contribution is 2.23. The number of hydrogen-bond acceptors (Lipinski definition) is 3. The van der Waals surface area contributed by atoms with E-state index in [4.69, 9.17) is 0 Å². The minimum atomic E-state index is -0.254. The van der Waals surface area contributed by atoms with E-state index in [0.29, 0.717) is 6.42 Å². The molecule has 0 amide bonds. The second kappa shape index (κ2) is 5.61. The summed E-state index contributed by atoms with van der Waals surface area (Å²) in [6.45, 7) is 3.83. The van der Waals surface area contributed by atoms with Crippen molar-refractivity contribution in [2.75, 3.05) is 7.05 Å². The lowest BCUT2D eigenvalue weighted by Gasteiger charge is -2.38. The van der Waals surface area contributed by atoms with Crippen LogP contribution in [-0.4, -0.2) is 41.0 Å². The van der Waals surface area contributed by atoms with Crippen LogP contribution in [-0.2, 0) is 4.79 Å². The zero-order valence-electron chi connectivity index (χ0n) is 10.1. The lowest BCUT2D eigenvalue weighted by atomic mass is 9.90. The normalized spacial score (nSPS) is 29.1. The highest BCUT2D eigenvalue weighted by molar-refractivity contribution is 5.83. The van der Waals surface area contributed by atoms with Gasteiger partial charge in [0.25, 0.3) is 0 Å². The molecule has 1 fully saturated rings. The average Bonchev–Trinajstić information content (AvgIpc) is 2.26. The maximum Gasteiger partial charge on any atom is 0.149 e. The third-order valence-corrected chi connectivity index (χ3v) is 3.64. The van der Waals surface area contributed by atoms with E-state index in [-0.39, 0.29) is 24.0 Å². The summed E-state index contributed by atoms with van der Waals surface area (Å²) < 4.78 is 0. The lowest BCUT2D eigenvalue weighted by Crippen LogP contribution is -2.49. The molecule has 3 atom stereocenters. The van der Waals surface area contributed by atoms with E-state index in [1.165, 1.54) is 6.42 Å². The lowest BCUT2D eigenvalue weighted by molar-refractivity contribution is -0.125. The molecule has 0 heterocycles. The summed E-state index contributed by atoms with van der Waals surface area (Å²) >= 11 is 0. The van der Waals surface area contributed by atoms with Crippen LogP contribution in [0.4, 0.5) is 0 Å². The van der Waals surface area contributed by atoms with Gasteiger partial charge in [-0.05, 0) is 26.8 Å². The number of rotatable bonds is 4. The fraction of sp³-hybridized carbons (Fsp3) is 0.917. The fourth-order valence-corrected chi connectivity index (χ4v) is 2.38. The predicted octanol–water partition coefficient (Wildman–Crippen LogP) is 1.59. The average molecular weight is 213 g/mol. The number of carbonyl (C=O) groups excluding carboxylic acids is 1. The van der Waals surface area contributed by atoms with Crippen molar-refractivity contribution in [3.05, 3.63) is 0 Å². The zero-order chi connectivity index (χ0) is 11.4. The van der Waals surface area contributed by atoms with Crippen LogP contribution in [0.1, 0.15) is 46.0 Å². The monoisotopic (exact) mass is 213 g/mol. The number of ketones is 1. The van der Waals surface area contributed by atoms with Gasteiger partial charge in [-0.1, -0.05) is 19.8 Å². The van der Waals surface area contributed by atoms with Crippen LogP contribution < -0.4 is 0 Å². The largest absolute Gasteiger partial charge is 0.391 e. The Morgan fingerprint density at radius 2 is 2.07 bits per heavy atom. The number of Topliss-reactive ketones (excluding diaryl/α,β-unsaturated/α-hetero) is 1. The molecule has 0 spiro atoms. The third kappa shape index (κ3) is 3.02. The van der Waals surface area contributed by atoms with Gasteiger partial charge in [0.1, 0.15) is 5.78 Å². The topological polar surface area (TPSA) is 40.5 Å². The first-order valence-corrected chi connectivity index (χ1v) is 6.00. The van der Waals surface area contributed by atoms with E-state index in [2.05, 4.69) is 4.90 Å². The number of carbonyl (C=O) groups is 1. The summed E-state index contributed by atoms with van der Waals surface area (Å²) in [6, 6.07) is 0.108. The zero-order valence-corrected chi connectivity index (χ0v) is 10.1. The number of hydrogen-bond donors (Lipinski definition) is 1. The van der Waals surface area contributed by atoms with E-state index in [0.717, 1.165) is 19.3 Å². The third-order valence-electron chi connectivity index (χ3n) is 3.64. The van der Waals surface area contributed by atoms with Gasteiger partial charge in [-0.3, -0.25) is 9.69 Å². The molecule has 88 valence electrons. The Balaban J connectivity index is 2.57. The van der Waals surface area contributed by atoms with Crippen molar-refractivity contribution in [3.8, 4) is 0 Å². The Morgan fingerprint density at radius 3 is 2.60 bits per heavy atom. The molecule has 0 aromatic carbocycles. The van der Waals surface area contributed by atoms with E-state index < -0.39 is 0 Å². The van der Waals surface area contributed by atoms with Gasteiger partial charge < -0.3 is 5.11 Å². The number of aliphatic hydroxyl groups excluding tert-OH is 1. The van der Waals surface area contributed by atoms with Gasteiger partial charge in [0.2, 0.25) is 0 Å². The van der Waals surface area contributed by atoms with Gasteiger partial charge in [-0.25, -0.2) is 0 Å². The van der Waals surface area contributed by atoms with Crippen molar-refractivity contribution >= 4 is 5.78 Å². The molecule has 0 aliphatic heterocycles. The summed E-state index contributed by atoms with van der Waals surface area (Å²) in [4.78, 5) is 13.6. The first kappa shape index (κ1) is 12.7. The van der Waals surface area contributed by atoms with Gasteiger partial charge in [0.15, 0.2) is 0 Å². The minimum absolute atomic E-state index is 0.0623. The molecule has 15 heavy (non-hydrogen) atoms. The summed E-state index contributed by atoms with van der Waals surface area (Å²) in [5.74, 6) is 0.260. The number of nitrogens with zero attached hydrogens (tertiary/aromatic N) is 1. The maximum absolute atomic E-state index is 11.6. The SMILES string of the molecule is CCC(=O)C(C)N(C)C1CCCCC1O. The molecule has 3 unspecified atom stereocenters. The quantitative estimate of drug-likeness (QED) is 0.771. The Bertz CT molecular complexity index is 218. The number of aliphatic hydroxyl groups is 1. The van der Waals surface area contributed by atoms with Gasteiger partial charge in [-0.15, -0.1) is 0 Å². The molecule has 3 heteroatoms. The molecule has 1 aliphatic carbocycles. The van der Waals surface area contributed by atoms with Crippen LogP contribution in [0.25, 0.3) is 0 Å². The molecule has 1 aliphatic rings. The van der Waals surface area contributed by atoms with Gasteiger partial charge in [0, 0.05) is 12.5 Å². The van der Waals surface area contributed by atoms with Crippen LogP contribution in [0, 0.1) is 0 Å². The highest BCUT2D eigenvalue weighted by Gasteiger charge is 2.30. The summed E-state index contributed by atoms with van der Waals surface area (Å²) in [6.07, 6.45) is 4.49. The molecule has 1 N–H and O–H groups in total. The smallest absolute Gasteiger partial charge is 0.149 e. The molecule has 0 aromatic heterocycles. The Morgan fingerprint density at radius 1 is 1.47 bits per heavy atom. The van der Waals surface area contributed by atoms with Crippen molar-refractivity contribution in [2.45, 2.75) is 64.1 Å². The fourth-order valence-electron chi connectivity index (χ4n) is 2.38. The van der Waals surface area contributed by atoms with Gasteiger partial charge >= 0.3 is 0 Å². The first-order chi connectivity index (χ1) is 7.07. The Kier molecular flexibility index (Phi) is 4.74. The molecule has 0 radical (unpaired) electrons. The van der Waals surface area contributed by atoms with Crippen molar-refractivity contribution < 1.29 is 9.90 Å². The highest BCUT2D eigenvalue weighted by atomic mass is 16.3. The Labute approximate surface area is 92.5 Å². The number of likely N-dealkylation sites (N-methyl/N-ethyl adjacent to an activating group) is 1. The second-order valence-electron chi connectivity index (χ2n) is 4.58. The van der Waals surface area contributed by atoms with Crippen LogP contribution in [0.3, 0.4) is 0 Å². The van der Waals surface area contributed by atoms with Crippen molar-refractivity contribution in [3.63, 3.8) is 0 Å². The molecule has 0 bridgehead atoms. The van der Waals surface area contributed by atoms with Crippen LogP contribution in [0.15, 0.2) is 0 Å². The van der Waals surface area contributed by atoms with Gasteiger partial charge in [0.05, 0.1) is 12.1 Å². The molecule has 0 aromatic rings. The predicted molar refractivity (Wildman–Crippen MR) is 60.8 cm³/mol. The van der Waals surface area contributed by atoms with E-state index in [1.54, 1.807) is 0 Å². The summed E-state index contributed by atoms with van der Waals surface area (Å²) in [5, 5.41) is 9.89. The van der Waals surface area contributed by atoms with Crippen LogP contribution in [0.5, 0.6) is 0 Å². The second-order valence-corrected chi connectivity index (χ2v) is 4.58. The van der Waals surface area contributed by atoms with Crippen LogP contribution in [0.2, 0.25) is 0 Å².